The van der Waals surface area contributed by atoms with Crippen molar-refractivity contribution < 1.29 is 19.1 Å². The van der Waals surface area contributed by atoms with Gasteiger partial charge in [-0.1, -0.05) is 54.2 Å². The summed E-state index contributed by atoms with van der Waals surface area (Å²) in [5.74, 6) is -0.465. The van der Waals surface area contributed by atoms with Crippen LogP contribution in [0.4, 0.5) is 5.69 Å². The van der Waals surface area contributed by atoms with Crippen molar-refractivity contribution in [1.82, 2.24) is 14.5 Å². The molecule has 10 heteroatoms. The van der Waals surface area contributed by atoms with Crippen LogP contribution in [0.3, 0.4) is 0 Å². The Bertz CT molecular complexity index is 1730. The van der Waals surface area contributed by atoms with Gasteiger partial charge in [0.15, 0.2) is 5.16 Å². The molecule has 9 nitrogen and oxygen atoms in total. The van der Waals surface area contributed by atoms with E-state index in [0.29, 0.717) is 33.3 Å². The molecule has 0 aliphatic rings. The predicted molar refractivity (Wildman–Crippen MR) is 148 cm³/mol. The minimum atomic E-state index is -0.521. The lowest BCUT2D eigenvalue weighted by Crippen LogP contribution is -2.23. The summed E-state index contributed by atoms with van der Waals surface area (Å²) >= 11 is 1.11. The molecule has 0 bridgehead atoms. The van der Waals surface area contributed by atoms with Gasteiger partial charge in [-0.15, -0.1) is 0 Å². The lowest BCUT2D eigenvalue weighted by molar-refractivity contribution is -0.113. The zero-order valence-corrected chi connectivity index (χ0v) is 21.5. The Balaban J connectivity index is 1.53. The molecule has 0 saturated carbocycles. The number of aromatic amines is 1. The van der Waals surface area contributed by atoms with Gasteiger partial charge in [-0.2, -0.15) is 0 Å². The van der Waals surface area contributed by atoms with Crippen molar-refractivity contribution in [1.29, 1.82) is 0 Å². The van der Waals surface area contributed by atoms with Gasteiger partial charge >= 0.3 is 5.97 Å². The SMILES string of the molecule is CCOC(=O)c1ccccc1NC(=O)CSc1nc2c([nH]c3ccccc32)c(=O)n1-c1ccccc1OC. The number of esters is 1. The van der Waals surface area contributed by atoms with Gasteiger partial charge in [0.05, 0.1) is 36.4 Å². The standard InChI is InChI=1S/C28H24N4O5S/c1-3-37-27(35)18-11-5-7-13-20(18)29-23(33)16-38-28-31-24-17-10-4-6-12-19(17)30-25(24)26(34)32(28)21-14-8-9-15-22(21)36-2/h4-15,30H,3,16H2,1-2H3,(H,29,33). The summed E-state index contributed by atoms with van der Waals surface area (Å²) in [7, 11) is 1.53. The fourth-order valence-electron chi connectivity index (χ4n) is 4.16. The van der Waals surface area contributed by atoms with E-state index in [1.54, 1.807) is 49.4 Å². The topological polar surface area (TPSA) is 115 Å². The average Bonchev–Trinajstić information content (AvgIpc) is 3.31. The Morgan fingerprint density at radius 2 is 1.76 bits per heavy atom. The Hall–Kier alpha value is -4.57. The van der Waals surface area contributed by atoms with Crippen LogP contribution in [0.1, 0.15) is 17.3 Å². The van der Waals surface area contributed by atoms with Crippen molar-refractivity contribution in [2.75, 3.05) is 24.8 Å². The number of rotatable bonds is 8. The third kappa shape index (κ3) is 4.73. The van der Waals surface area contributed by atoms with Crippen LogP contribution in [-0.4, -0.2) is 45.9 Å². The van der Waals surface area contributed by atoms with Crippen LogP contribution in [0.15, 0.2) is 82.7 Å². The van der Waals surface area contributed by atoms with E-state index >= 15 is 0 Å². The molecule has 0 atom stereocenters. The van der Waals surface area contributed by atoms with Crippen LogP contribution in [0.5, 0.6) is 5.75 Å². The van der Waals surface area contributed by atoms with E-state index in [9.17, 15) is 14.4 Å². The number of aromatic nitrogens is 3. The number of hydrogen-bond donors (Lipinski definition) is 2. The summed E-state index contributed by atoms with van der Waals surface area (Å²) < 4.78 is 12.0. The highest BCUT2D eigenvalue weighted by Gasteiger charge is 2.21. The van der Waals surface area contributed by atoms with Gasteiger partial charge in [0.1, 0.15) is 16.8 Å². The molecule has 0 aliphatic carbocycles. The Morgan fingerprint density at radius 3 is 2.58 bits per heavy atom. The van der Waals surface area contributed by atoms with Crippen molar-refractivity contribution in [3.8, 4) is 11.4 Å². The van der Waals surface area contributed by atoms with Crippen molar-refractivity contribution >= 4 is 51.3 Å². The van der Waals surface area contributed by atoms with Crippen LogP contribution in [0, 0.1) is 0 Å². The number of H-pyrrole nitrogens is 1. The van der Waals surface area contributed by atoms with Gasteiger partial charge in [-0.25, -0.2) is 14.3 Å². The monoisotopic (exact) mass is 528 g/mol. The van der Waals surface area contributed by atoms with Crippen molar-refractivity contribution in [3.05, 3.63) is 88.7 Å². The van der Waals surface area contributed by atoms with Gasteiger partial charge in [0, 0.05) is 10.9 Å². The van der Waals surface area contributed by atoms with Crippen LogP contribution in [0.25, 0.3) is 27.6 Å². The van der Waals surface area contributed by atoms with Crippen LogP contribution in [-0.2, 0) is 9.53 Å². The molecule has 3 aromatic carbocycles. The van der Waals surface area contributed by atoms with Crippen molar-refractivity contribution in [3.63, 3.8) is 0 Å². The van der Waals surface area contributed by atoms with Gasteiger partial charge in [-0.3, -0.25) is 9.59 Å². The number of amides is 1. The summed E-state index contributed by atoms with van der Waals surface area (Å²) in [5, 5.41) is 3.90. The number of thioether (sulfide) groups is 1. The molecule has 0 aliphatic heterocycles. The molecule has 2 aromatic heterocycles. The molecule has 0 radical (unpaired) electrons. The van der Waals surface area contributed by atoms with E-state index in [2.05, 4.69) is 10.3 Å². The molecule has 192 valence electrons. The van der Waals surface area contributed by atoms with Crippen LogP contribution >= 0.6 is 11.8 Å². The second-order valence-corrected chi connectivity index (χ2v) is 9.15. The summed E-state index contributed by atoms with van der Waals surface area (Å²) in [6, 6.07) is 21.3. The van der Waals surface area contributed by atoms with E-state index in [-0.39, 0.29) is 29.4 Å². The van der Waals surface area contributed by atoms with E-state index in [0.717, 1.165) is 22.7 Å². The number of carbonyl (C=O) groups is 2. The first kappa shape index (κ1) is 25.1. The number of benzene rings is 3. The molecule has 0 fully saturated rings. The maximum atomic E-state index is 13.8. The highest BCUT2D eigenvalue weighted by Crippen LogP contribution is 2.29. The third-order valence-corrected chi connectivity index (χ3v) is 6.79. The fourth-order valence-corrected chi connectivity index (χ4v) is 4.96. The lowest BCUT2D eigenvalue weighted by atomic mass is 10.2. The Kier molecular flexibility index (Phi) is 7.14. The first-order valence-corrected chi connectivity index (χ1v) is 12.9. The van der Waals surface area contributed by atoms with E-state index in [4.69, 9.17) is 14.5 Å². The third-order valence-electron chi connectivity index (χ3n) is 5.85. The minimum Gasteiger partial charge on any atom is -0.495 e. The normalized spacial score (nSPS) is 11.0. The van der Waals surface area contributed by atoms with Gasteiger partial charge < -0.3 is 19.8 Å². The summed E-state index contributed by atoms with van der Waals surface area (Å²) in [5.41, 5.74) is 2.46. The molecule has 5 aromatic rings. The number of ether oxygens (including phenoxy) is 2. The van der Waals surface area contributed by atoms with Crippen molar-refractivity contribution in [2.24, 2.45) is 0 Å². The second-order valence-electron chi connectivity index (χ2n) is 8.20. The number of hydrogen-bond acceptors (Lipinski definition) is 7. The molecular formula is C28H24N4O5S. The molecule has 0 unspecified atom stereocenters. The minimum absolute atomic E-state index is 0.0629. The van der Waals surface area contributed by atoms with E-state index in [1.165, 1.54) is 11.7 Å². The first-order chi connectivity index (χ1) is 18.5. The second kappa shape index (κ2) is 10.8. The molecule has 2 N–H and O–H groups in total. The molecule has 0 spiro atoms. The number of nitrogens with zero attached hydrogens (tertiary/aromatic N) is 2. The quantitative estimate of drug-likeness (QED) is 0.169. The molecular weight excluding hydrogens is 504 g/mol. The largest absolute Gasteiger partial charge is 0.495 e. The zero-order chi connectivity index (χ0) is 26.6. The molecule has 38 heavy (non-hydrogen) atoms. The summed E-state index contributed by atoms with van der Waals surface area (Å²) in [6.45, 7) is 1.94. The van der Waals surface area contributed by atoms with Crippen molar-refractivity contribution in [2.45, 2.75) is 12.1 Å². The first-order valence-electron chi connectivity index (χ1n) is 11.9. The molecule has 0 saturated heterocycles. The maximum Gasteiger partial charge on any atom is 0.340 e. The highest BCUT2D eigenvalue weighted by molar-refractivity contribution is 7.99. The average molecular weight is 529 g/mol. The molecule has 1 amide bonds. The Labute approximate surface area is 221 Å². The smallest absolute Gasteiger partial charge is 0.340 e. The number of carbonyl (C=O) groups excluding carboxylic acids is 2. The van der Waals surface area contributed by atoms with Gasteiger partial charge in [-0.05, 0) is 37.3 Å². The maximum absolute atomic E-state index is 13.8. The number of anilines is 1. The predicted octanol–water partition coefficient (Wildman–Crippen LogP) is 4.78. The fraction of sp³-hybridized carbons (Fsp3) is 0.143. The zero-order valence-electron chi connectivity index (χ0n) is 20.7. The van der Waals surface area contributed by atoms with Crippen LogP contribution in [0.2, 0.25) is 0 Å². The molecule has 5 rings (SSSR count). The van der Waals surface area contributed by atoms with Crippen LogP contribution < -0.4 is 15.6 Å². The van der Waals surface area contributed by atoms with Gasteiger partial charge in [0.2, 0.25) is 5.91 Å². The number of para-hydroxylation sites is 4. The summed E-state index contributed by atoms with van der Waals surface area (Å²) in [6.07, 6.45) is 0. The lowest BCUT2D eigenvalue weighted by Gasteiger charge is -2.15. The number of fused-ring (bicyclic) bond motifs is 3. The Morgan fingerprint density at radius 1 is 1.03 bits per heavy atom. The van der Waals surface area contributed by atoms with E-state index < -0.39 is 5.97 Å². The summed E-state index contributed by atoms with van der Waals surface area (Å²) in [4.78, 5) is 47.0. The van der Waals surface area contributed by atoms with E-state index in [1.807, 2.05) is 30.3 Å². The number of methoxy groups -OCH3 is 1. The molecule has 2 heterocycles. The number of nitrogens with one attached hydrogen (secondary N) is 2. The van der Waals surface area contributed by atoms with Gasteiger partial charge in [0.25, 0.3) is 5.56 Å². The highest BCUT2D eigenvalue weighted by atomic mass is 32.2.